The highest BCUT2D eigenvalue weighted by Gasteiger charge is 2.14. The van der Waals surface area contributed by atoms with Crippen LogP contribution in [0.2, 0.25) is 15.1 Å². The van der Waals surface area contributed by atoms with Gasteiger partial charge in [0.15, 0.2) is 0 Å². The molecule has 0 aliphatic heterocycles. The van der Waals surface area contributed by atoms with Gasteiger partial charge in [-0.05, 0) is 42.0 Å². The number of carbonyl (C=O) groups is 1. The Labute approximate surface area is 136 Å². The van der Waals surface area contributed by atoms with Crippen LogP contribution in [0.15, 0.2) is 47.5 Å². The first-order valence-electron chi connectivity index (χ1n) is 5.60. The summed E-state index contributed by atoms with van der Waals surface area (Å²) in [5.41, 5.74) is 1.04. The molecule has 0 atom stereocenters. The summed E-state index contributed by atoms with van der Waals surface area (Å²) in [4.78, 5) is 12.2. The number of halogens is 4. The van der Waals surface area contributed by atoms with Crippen LogP contribution in [0, 0.1) is 0 Å². The Morgan fingerprint density at radius 2 is 1.50 bits per heavy atom. The molecule has 0 unspecified atom stereocenters. The third kappa shape index (κ3) is 3.77. The average molecular weight is 346 g/mol. The number of benzene rings is 2. The molecule has 0 saturated carbocycles. The summed E-state index contributed by atoms with van der Waals surface area (Å²) < 4.78 is 0. The van der Waals surface area contributed by atoms with Crippen molar-refractivity contribution in [2.45, 2.75) is 0 Å². The van der Waals surface area contributed by atoms with E-state index >= 15 is 0 Å². The van der Waals surface area contributed by atoms with Crippen LogP contribution in [0.5, 0.6) is 0 Å². The van der Waals surface area contributed by atoms with Gasteiger partial charge >= 0.3 is 0 Å². The van der Waals surface area contributed by atoms with Gasteiger partial charge in [0.1, 0.15) is 0 Å². The molecule has 0 bridgehead atoms. The normalized spacial score (nSPS) is 11.5. The second kappa shape index (κ2) is 6.64. The van der Waals surface area contributed by atoms with Gasteiger partial charge in [-0.1, -0.05) is 58.5 Å². The number of hydrogen-bond donors (Lipinski definition) is 0. The summed E-state index contributed by atoms with van der Waals surface area (Å²) in [6.07, 6.45) is 1.55. The molecule has 5 heteroatoms. The van der Waals surface area contributed by atoms with Crippen molar-refractivity contribution in [1.29, 1.82) is 0 Å². The van der Waals surface area contributed by atoms with Crippen LogP contribution >= 0.6 is 46.4 Å². The summed E-state index contributed by atoms with van der Waals surface area (Å²) in [6, 6.07) is 11.6. The summed E-state index contributed by atoms with van der Waals surface area (Å²) >= 11 is 23.7. The van der Waals surface area contributed by atoms with Crippen LogP contribution in [0.25, 0.3) is 6.08 Å². The summed E-state index contributed by atoms with van der Waals surface area (Å²) in [6.45, 7) is 0. The lowest BCUT2D eigenvalue weighted by atomic mass is 10.1. The van der Waals surface area contributed by atoms with Gasteiger partial charge in [0, 0.05) is 15.6 Å². The molecule has 0 heterocycles. The van der Waals surface area contributed by atoms with Crippen molar-refractivity contribution in [3.63, 3.8) is 0 Å². The van der Waals surface area contributed by atoms with E-state index in [4.69, 9.17) is 46.4 Å². The van der Waals surface area contributed by atoms with Gasteiger partial charge in [-0.3, -0.25) is 4.79 Å². The van der Waals surface area contributed by atoms with Crippen LogP contribution in [-0.4, -0.2) is 5.78 Å². The Hall–Kier alpha value is -0.990. The maximum absolute atomic E-state index is 12.2. The molecule has 0 radical (unpaired) electrons. The molecule has 2 aromatic rings. The minimum absolute atomic E-state index is 0.0523. The van der Waals surface area contributed by atoms with Crippen LogP contribution in [0.3, 0.4) is 0 Å². The minimum Gasteiger partial charge on any atom is -0.288 e. The molecule has 0 aromatic heterocycles. The number of carbonyl (C=O) groups excluding carboxylic acids is 1. The summed E-state index contributed by atoms with van der Waals surface area (Å²) in [5, 5.41) is 1.40. The van der Waals surface area contributed by atoms with Crippen molar-refractivity contribution in [3.8, 4) is 0 Å². The zero-order chi connectivity index (χ0) is 14.7. The molecule has 102 valence electrons. The number of hydrogen-bond acceptors (Lipinski definition) is 1. The van der Waals surface area contributed by atoms with E-state index in [2.05, 4.69) is 0 Å². The summed E-state index contributed by atoms with van der Waals surface area (Å²) in [5.74, 6) is -0.380. The molecule has 0 N–H and O–H groups in total. The van der Waals surface area contributed by atoms with E-state index in [1.807, 2.05) is 0 Å². The molecule has 0 saturated heterocycles. The largest absolute Gasteiger partial charge is 0.288 e. The van der Waals surface area contributed by atoms with Crippen molar-refractivity contribution < 1.29 is 4.79 Å². The number of Topliss-reactive ketones (excluding diaryl/α,β-unsaturated/α-hetero) is 1. The quantitative estimate of drug-likeness (QED) is 0.484. The number of allylic oxidation sites excluding steroid dienone is 1. The van der Waals surface area contributed by atoms with E-state index < -0.39 is 0 Å². The molecule has 0 fully saturated rings. The maximum atomic E-state index is 12.2. The van der Waals surface area contributed by atoms with Crippen molar-refractivity contribution in [2.24, 2.45) is 0 Å². The third-order valence-corrected chi connectivity index (χ3v) is 3.65. The first-order chi connectivity index (χ1) is 9.47. The van der Waals surface area contributed by atoms with Gasteiger partial charge in [0.05, 0.1) is 10.1 Å². The summed E-state index contributed by atoms with van der Waals surface area (Å²) in [7, 11) is 0. The minimum atomic E-state index is -0.380. The standard InChI is InChI=1S/C15H8Cl4O/c16-10-3-1-9(2-4-10)7-14(19)15(20)12-8-11(17)5-6-13(12)18/h1-8H/b14-7+. The fourth-order valence-corrected chi connectivity index (χ4v) is 2.30. The second-order valence-electron chi connectivity index (χ2n) is 4.00. The molecule has 0 spiro atoms. The van der Waals surface area contributed by atoms with E-state index in [1.165, 1.54) is 6.07 Å². The van der Waals surface area contributed by atoms with Crippen LogP contribution < -0.4 is 0 Å². The Bertz CT molecular complexity index is 675. The Morgan fingerprint density at radius 1 is 0.900 bits per heavy atom. The topological polar surface area (TPSA) is 17.1 Å². The van der Waals surface area contributed by atoms with Gasteiger partial charge in [-0.15, -0.1) is 0 Å². The van der Waals surface area contributed by atoms with E-state index in [1.54, 1.807) is 42.5 Å². The van der Waals surface area contributed by atoms with Gasteiger partial charge < -0.3 is 0 Å². The predicted octanol–water partition coefficient (Wildman–Crippen LogP) is 6.11. The van der Waals surface area contributed by atoms with E-state index in [0.29, 0.717) is 15.1 Å². The average Bonchev–Trinajstić information content (AvgIpc) is 2.43. The molecule has 0 aliphatic rings. The van der Waals surface area contributed by atoms with Crippen molar-refractivity contribution in [2.75, 3.05) is 0 Å². The van der Waals surface area contributed by atoms with E-state index in [-0.39, 0.29) is 16.4 Å². The molecular formula is C15H8Cl4O. The van der Waals surface area contributed by atoms with Crippen LogP contribution in [0.4, 0.5) is 0 Å². The number of rotatable bonds is 3. The highest BCUT2D eigenvalue weighted by atomic mass is 35.5. The third-order valence-electron chi connectivity index (χ3n) is 2.55. The zero-order valence-electron chi connectivity index (χ0n) is 10.0. The van der Waals surface area contributed by atoms with Gasteiger partial charge in [-0.25, -0.2) is 0 Å². The Balaban J connectivity index is 2.32. The molecule has 20 heavy (non-hydrogen) atoms. The molecular weight excluding hydrogens is 338 g/mol. The fourth-order valence-electron chi connectivity index (χ4n) is 1.57. The first kappa shape index (κ1) is 15.4. The predicted molar refractivity (Wildman–Crippen MR) is 86.1 cm³/mol. The molecule has 0 amide bonds. The molecule has 2 aromatic carbocycles. The van der Waals surface area contributed by atoms with Gasteiger partial charge in [-0.2, -0.15) is 0 Å². The van der Waals surface area contributed by atoms with E-state index in [9.17, 15) is 4.79 Å². The zero-order valence-corrected chi connectivity index (χ0v) is 13.1. The van der Waals surface area contributed by atoms with Crippen molar-refractivity contribution >= 4 is 58.3 Å². The smallest absolute Gasteiger partial charge is 0.205 e. The second-order valence-corrected chi connectivity index (χ2v) is 5.68. The van der Waals surface area contributed by atoms with Crippen molar-refractivity contribution in [3.05, 3.63) is 73.7 Å². The molecule has 0 aliphatic carbocycles. The van der Waals surface area contributed by atoms with Crippen molar-refractivity contribution in [1.82, 2.24) is 0 Å². The van der Waals surface area contributed by atoms with E-state index in [0.717, 1.165) is 5.56 Å². The Morgan fingerprint density at radius 3 is 2.15 bits per heavy atom. The molecule has 1 nitrogen and oxygen atoms in total. The lowest BCUT2D eigenvalue weighted by Crippen LogP contribution is -2.00. The first-order valence-corrected chi connectivity index (χ1v) is 7.11. The highest BCUT2D eigenvalue weighted by Crippen LogP contribution is 2.25. The lowest BCUT2D eigenvalue weighted by Gasteiger charge is -2.03. The highest BCUT2D eigenvalue weighted by molar-refractivity contribution is 6.49. The van der Waals surface area contributed by atoms with Gasteiger partial charge in [0.25, 0.3) is 0 Å². The SMILES string of the molecule is O=C(/C(Cl)=C\c1ccc(Cl)cc1)c1cc(Cl)ccc1Cl. The lowest BCUT2D eigenvalue weighted by molar-refractivity contribution is 0.104. The maximum Gasteiger partial charge on any atom is 0.205 e. The van der Waals surface area contributed by atoms with Gasteiger partial charge in [0.2, 0.25) is 5.78 Å². The van der Waals surface area contributed by atoms with Crippen LogP contribution in [-0.2, 0) is 0 Å². The molecule has 2 rings (SSSR count). The Kier molecular flexibility index (Phi) is 5.11. The number of ketones is 1. The monoisotopic (exact) mass is 344 g/mol. The van der Waals surface area contributed by atoms with Crippen LogP contribution in [0.1, 0.15) is 15.9 Å². The fraction of sp³-hybridized carbons (Fsp3) is 0.